The maximum atomic E-state index is 11.1. The molecule has 0 unspecified atom stereocenters. The molecule has 0 aromatic heterocycles. The highest BCUT2D eigenvalue weighted by atomic mass is 16.4. The van der Waals surface area contributed by atoms with Crippen LogP contribution in [0.4, 0.5) is 0 Å². The van der Waals surface area contributed by atoms with Gasteiger partial charge in [-0.25, -0.2) is 14.4 Å². The number of carboxylic acid groups (broad SMARTS) is 3. The van der Waals surface area contributed by atoms with Gasteiger partial charge in [0.1, 0.15) is 0 Å². The lowest BCUT2D eigenvalue weighted by Gasteiger charge is -2.19. The third-order valence-corrected chi connectivity index (χ3v) is 6.08. The number of hydrogen-bond acceptors (Lipinski definition) is 6. The van der Waals surface area contributed by atoms with Crippen molar-refractivity contribution in [2.45, 2.75) is 61.4 Å². The molecular weight excluding hydrogens is 432 g/mol. The van der Waals surface area contributed by atoms with Crippen molar-refractivity contribution in [3.63, 3.8) is 0 Å². The molecule has 0 atom stereocenters. The van der Waals surface area contributed by atoms with Gasteiger partial charge < -0.3 is 30.6 Å². The highest BCUT2D eigenvalue weighted by Gasteiger charge is 2.27. The molecule has 0 aliphatic heterocycles. The maximum Gasteiger partial charge on any atom is 0.336 e. The van der Waals surface area contributed by atoms with E-state index >= 15 is 0 Å². The Bertz CT molecular complexity index is 934. The Kier molecular flexibility index (Phi) is 9.29. The summed E-state index contributed by atoms with van der Waals surface area (Å²) in [5, 5.41) is 55.0. The summed E-state index contributed by atoms with van der Waals surface area (Å²) in [5.74, 6) is -4.01. The number of benzene rings is 2. The van der Waals surface area contributed by atoms with E-state index in [1.165, 1.54) is 20.8 Å². The quantitative estimate of drug-likeness (QED) is 0.377. The van der Waals surface area contributed by atoms with Crippen molar-refractivity contribution in [2.75, 3.05) is 0 Å². The average molecular weight is 462 g/mol. The van der Waals surface area contributed by atoms with Gasteiger partial charge in [0.15, 0.2) is 0 Å². The fourth-order valence-electron chi connectivity index (χ4n) is 4.28. The predicted octanol–water partition coefficient (Wildman–Crippen LogP) is 2.80. The van der Waals surface area contributed by atoms with Crippen LogP contribution >= 0.6 is 0 Å². The Hall–Kier alpha value is -3.27. The molecule has 2 rings (SSSR count). The summed E-state index contributed by atoms with van der Waals surface area (Å²) in [7, 11) is 0. The number of aromatic carboxylic acids is 3. The maximum absolute atomic E-state index is 11.1. The smallest absolute Gasteiger partial charge is 0.336 e. The standard InChI is InChI=1S/C12H12O6.C12H18O3/c1-4-7(10(13)14)5(2)9(12(17)18)6(3)8(4)11(15)16;1-7-10(4-13)8(2)12(6-15)9(3)11(7)5-14/h1-3H3,(H,13,14)(H,15,16)(H,17,18);13-15H,4-6H2,1-3H3. The number of rotatable bonds is 6. The van der Waals surface area contributed by atoms with Crippen LogP contribution in [0.15, 0.2) is 0 Å². The average Bonchev–Trinajstić information content (AvgIpc) is 2.68. The lowest BCUT2D eigenvalue weighted by molar-refractivity contribution is 0.0695. The van der Waals surface area contributed by atoms with Gasteiger partial charge in [0.25, 0.3) is 0 Å². The van der Waals surface area contributed by atoms with Crippen LogP contribution < -0.4 is 0 Å². The molecule has 0 saturated carbocycles. The van der Waals surface area contributed by atoms with Gasteiger partial charge in [0.2, 0.25) is 0 Å². The minimum absolute atomic E-state index is 0.0576. The second-order valence-corrected chi connectivity index (χ2v) is 7.70. The molecular formula is C24H30O9. The zero-order valence-corrected chi connectivity index (χ0v) is 19.5. The first-order valence-corrected chi connectivity index (χ1v) is 10.0. The van der Waals surface area contributed by atoms with Crippen molar-refractivity contribution < 1.29 is 45.0 Å². The second kappa shape index (κ2) is 11.0. The van der Waals surface area contributed by atoms with Gasteiger partial charge in [0.05, 0.1) is 36.5 Å². The minimum Gasteiger partial charge on any atom is -0.478 e. The summed E-state index contributed by atoms with van der Waals surface area (Å²) in [5.41, 5.74) is 4.60. The summed E-state index contributed by atoms with van der Waals surface area (Å²) < 4.78 is 0. The molecule has 0 amide bonds. The Morgan fingerprint density at radius 3 is 0.758 bits per heavy atom. The largest absolute Gasteiger partial charge is 0.478 e. The molecule has 9 heteroatoms. The van der Waals surface area contributed by atoms with Gasteiger partial charge in [-0.05, 0) is 91.6 Å². The molecule has 0 aliphatic rings. The van der Waals surface area contributed by atoms with Crippen molar-refractivity contribution >= 4 is 17.9 Å². The van der Waals surface area contributed by atoms with Crippen LogP contribution in [0, 0.1) is 41.5 Å². The second-order valence-electron chi connectivity index (χ2n) is 7.70. The highest BCUT2D eigenvalue weighted by molar-refractivity contribution is 6.04. The first-order chi connectivity index (χ1) is 15.3. The van der Waals surface area contributed by atoms with Crippen LogP contribution in [-0.4, -0.2) is 48.5 Å². The number of carboxylic acids is 3. The molecule has 6 N–H and O–H groups in total. The van der Waals surface area contributed by atoms with Crippen molar-refractivity contribution in [3.8, 4) is 0 Å². The van der Waals surface area contributed by atoms with Crippen LogP contribution in [-0.2, 0) is 19.8 Å². The summed E-state index contributed by atoms with van der Waals surface area (Å²) in [4.78, 5) is 33.4. The van der Waals surface area contributed by atoms with E-state index in [-0.39, 0.29) is 53.2 Å². The van der Waals surface area contributed by atoms with Gasteiger partial charge in [0, 0.05) is 0 Å². The fraction of sp³-hybridized carbons (Fsp3) is 0.375. The van der Waals surface area contributed by atoms with Crippen LogP contribution in [0.3, 0.4) is 0 Å². The van der Waals surface area contributed by atoms with Crippen molar-refractivity contribution in [1.82, 2.24) is 0 Å². The Morgan fingerprint density at radius 1 is 0.455 bits per heavy atom. The summed E-state index contributed by atoms with van der Waals surface area (Å²) in [6.45, 7) is 9.57. The molecule has 0 heterocycles. The molecule has 0 spiro atoms. The lowest BCUT2D eigenvalue weighted by Crippen LogP contribution is -2.17. The molecule has 9 nitrogen and oxygen atoms in total. The summed E-state index contributed by atoms with van der Waals surface area (Å²) >= 11 is 0. The number of hydrogen-bond donors (Lipinski definition) is 6. The van der Waals surface area contributed by atoms with E-state index in [9.17, 15) is 29.7 Å². The van der Waals surface area contributed by atoms with Gasteiger partial charge in [-0.3, -0.25) is 0 Å². The van der Waals surface area contributed by atoms with Gasteiger partial charge in [-0.15, -0.1) is 0 Å². The predicted molar refractivity (Wildman–Crippen MR) is 120 cm³/mol. The zero-order valence-electron chi connectivity index (χ0n) is 19.5. The van der Waals surface area contributed by atoms with Crippen molar-refractivity contribution in [1.29, 1.82) is 0 Å². The molecule has 2 aromatic rings. The van der Waals surface area contributed by atoms with Gasteiger partial charge in [-0.2, -0.15) is 0 Å². The molecule has 0 bridgehead atoms. The Balaban J connectivity index is 0.000000335. The number of aliphatic hydroxyl groups excluding tert-OH is 3. The van der Waals surface area contributed by atoms with Crippen LogP contribution in [0.1, 0.15) is 81.1 Å². The molecule has 0 radical (unpaired) electrons. The van der Waals surface area contributed by atoms with Crippen LogP contribution in [0.5, 0.6) is 0 Å². The molecule has 0 aliphatic carbocycles. The summed E-state index contributed by atoms with van der Waals surface area (Å²) in [6.07, 6.45) is 0. The first kappa shape index (κ1) is 27.8. The van der Waals surface area contributed by atoms with E-state index in [2.05, 4.69) is 0 Å². The minimum atomic E-state index is -1.34. The van der Waals surface area contributed by atoms with Crippen LogP contribution in [0.2, 0.25) is 0 Å². The van der Waals surface area contributed by atoms with E-state index < -0.39 is 17.9 Å². The summed E-state index contributed by atoms with van der Waals surface area (Å²) in [6, 6.07) is 0. The van der Waals surface area contributed by atoms with E-state index in [0.717, 1.165) is 33.4 Å². The van der Waals surface area contributed by atoms with E-state index in [4.69, 9.17) is 15.3 Å². The van der Waals surface area contributed by atoms with Gasteiger partial charge >= 0.3 is 17.9 Å². The third kappa shape index (κ3) is 5.22. The van der Waals surface area contributed by atoms with E-state index in [1.807, 2.05) is 20.8 Å². The zero-order chi connectivity index (χ0) is 25.8. The Labute approximate surface area is 191 Å². The fourth-order valence-corrected chi connectivity index (χ4v) is 4.28. The molecule has 0 saturated heterocycles. The van der Waals surface area contributed by atoms with Crippen molar-refractivity contribution in [3.05, 3.63) is 66.8 Å². The lowest BCUT2D eigenvalue weighted by atomic mass is 9.88. The monoisotopic (exact) mass is 462 g/mol. The first-order valence-electron chi connectivity index (χ1n) is 10.0. The highest BCUT2D eigenvalue weighted by Crippen LogP contribution is 2.28. The normalized spacial score (nSPS) is 10.5. The topological polar surface area (TPSA) is 173 Å². The van der Waals surface area contributed by atoms with Crippen LogP contribution in [0.25, 0.3) is 0 Å². The van der Waals surface area contributed by atoms with Gasteiger partial charge in [-0.1, -0.05) is 0 Å². The molecule has 2 aromatic carbocycles. The molecule has 33 heavy (non-hydrogen) atoms. The number of aliphatic hydroxyl groups is 3. The molecule has 180 valence electrons. The van der Waals surface area contributed by atoms with Crippen molar-refractivity contribution in [2.24, 2.45) is 0 Å². The molecule has 0 fully saturated rings. The van der Waals surface area contributed by atoms with E-state index in [1.54, 1.807) is 0 Å². The SMILES string of the molecule is Cc1c(C(=O)O)c(C)c(C(=O)O)c(C)c1C(=O)O.Cc1c(CO)c(C)c(CO)c(C)c1CO. The van der Waals surface area contributed by atoms with E-state index in [0.29, 0.717) is 0 Å². The number of carbonyl (C=O) groups is 3. The Morgan fingerprint density at radius 2 is 0.636 bits per heavy atom. The third-order valence-electron chi connectivity index (χ3n) is 6.08.